The van der Waals surface area contributed by atoms with E-state index >= 15 is 0 Å². The van der Waals surface area contributed by atoms with Gasteiger partial charge in [0.1, 0.15) is 0 Å². The zero-order chi connectivity index (χ0) is 19.9. The lowest BCUT2D eigenvalue weighted by Gasteiger charge is -2.36. The molecule has 0 saturated carbocycles. The molecule has 1 heterocycles. The molecule has 28 heavy (non-hydrogen) atoms. The topological polar surface area (TPSA) is 46.9 Å². The third kappa shape index (κ3) is 3.45. The van der Waals surface area contributed by atoms with Crippen molar-refractivity contribution in [3.8, 4) is 5.69 Å². The Morgan fingerprint density at radius 2 is 1.82 bits per heavy atom. The Kier molecular flexibility index (Phi) is 4.76. The smallest absolute Gasteiger partial charge is 0.253 e. The number of carbonyl (C=O) groups excluding carboxylic acids is 1. The lowest BCUT2D eigenvalue weighted by molar-refractivity contribution is 0.0919. The molecule has 0 aliphatic heterocycles. The fourth-order valence-corrected chi connectivity index (χ4v) is 4.40. The van der Waals surface area contributed by atoms with Crippen molar-refractivity contribution in [1.29, 1.82) is 0 Å². The minimum atomic E-state index is -0.147. The van der Waals surface area contributed by atoms with E-state index < -0.39 is 0 Å². The number of para-hydroxylation sites is 1. The van der Waals surface area contributed by atoms with Crippen LogP contribution >= 0.6 is 11.6 Å². The Morgan fingerprint density at radius 1 is 1.14 bits per heavy atom. The largest absolute Gasteiger partial charge is 0.345 e. The number of hydrogen-bond acceptors (Lipinski definition) is 2. The summed E-state index contributed by atoms with van der Waals surface area (Å²) in [5, 5.41) is 8.50. The Morgan fingerprint density at radius 3 is 2.54 bits per heavy atom. The van der Waals surface area contributed by atoms with Crippen molar-refractivity contribution >= 4 is 17.5 Å². The predicted octanol–water partition coefficient (Wildman–Crippen LogP) is 5.28. The molecular formula is C23H24ClN3O. The van der Waals surface area contributed by atoms with Gasteiger partial charge in [0, 0.05) is 5.56 Å². The van der Waals surface area contributed by atoms with Crippen molar-refractivity contribution in [1.82, 2.24) is 15.1 Å². The summed E-state index contributed by atoms with van der Waals surface area (Å²) < 4.78 is 2.03. The first kappa shape index (κ1) is 18.8. The van der Waals surface area contributed by atoms with Crippen molar-refractivity contribution in [3.63, 3.8) is 0 Å². The number of nitrogens with one attached hydrogen (secondary N) is 1. The fraction of sp³-hybridized carbons (Fsp3) is 0.304. The molecule has 0 fully saturated rings. The van der Waals surface area contributed by atoms with Crippen LogP contribution in [0.4, 0.5) is 0 Å². The molecule has 0 spiro atoms. The molecule has 1 N–H and O–H groups in total. The number of rotatable bonds is 3. The number of benzene rings is 2. The summed E-state index contributed by atoms with van der Waals surface area (Å²) in [6.07, 6.45) is 1.77. The third-order valence-electron chi connectivity index (χ3n) is 5.38. The first-order valence-corrected chi connectivity index (χ1v) is 9.93. The first-order chi connectivity index (χ1) is 13.4. The average Bonchev–Trinajstić information content (AvgIpc) is 2.98. The number of aromatic nitrogens is 2. The van der Waals surface area contributed by atoms with Crippen LogP contribution in [-0.2, 0) is 6.42 Å². The highest BCUT2D eigenvalue weighted by Gasteiger charge is 2.37. The second kappa shape index (κ2) is 7.10. The van der Waals surface area contributed by atoms with Crippen molar-refractivity contribution in [2.75, 3.05) is 0 Å². The number of nitrogens with zero attached hydrogens (tertiary/aromatic N) is 2. The second-order valence-corrected chi connectivity index (χ2v) is 8.65. The van der Waals surface area contributed by atoms with Gasteiger partial charge in [0.05, 0.1) is 33.7 Å². The SMILES string of the molecule is Cc1nn(-c2ccccc2)c2c1C(NC(=O)c1ccccc1Cl)CC(C)(C)C2. The van der Waals surface area contributed by atoms with Crippen molar-refractivity contribution < 1.29 is 4.79 Å². The van der Waals surface area contributed by atoms with E-state index in [1.807, 2.05) is 41.9 Å². The quantitative estimate of drug-likeness (QED) is 0.658. The van der Waals surface area contributed by atoms with Crippen molar-refractivity contribution in [3.05, 3.63) is 82.1 Å². The van der Waals surface area contributed by atoms with Crippen LogP contribution in [0.1, 0.15) is 53.6 Å². The molecule has 0 saturated heterocycles. The fourth-order valence-electron chi connectivity index (χ4n) is 4.18. The molecule has 5 heteroatoms. The third-order valence-corrected chi connectivity index (χ3v) is 5.71. The average molecular weight is 394 g/mol. The molecule has 144 valence electrons. The number of hydrogen-bond donors (Lipinski definition) is 1. The first-order valence-electron chi connectivity index (χ1n) is 9.55. The predicted molar refractivity (Wildman–Crippen MR) is 112 cm³/mol. The minimum absolute atomic E-state index is 0.0461. The highest BCUT2D eigenvalue weighted by atomic mass is 35.5. The molecule has 2 aromatic carbocycles. The number of carbonyl (C=O) groups is 1. The molecule has 0 radical (unpaired) electrons. The van der Waals surface area contributed by atoms with E-state index in [1.165, 1.54) is 5.69 Å². The van der Waals surface area contributed by atoms with Crippen LogP contribution in [0.2, 0.25) is 5.02 Å². The summed E-state index contributed by atoms with van der Waals surface area (Å²) in [5.41, 5.74) is 4.85. The van der Waals surface area contributed by atoms with E-state index in [9.17, 15) is 4.79 Å². The van der Waals surface area contributed by atoms with E-state index in [1.54, 1.807) is 12.1 Å². The van der Waals surface area contributed by atoms with Gasteiger partial charge in [0.15, 0.2) is 0 Å². The molecule has 4 rings (SSSR count). The van der Waals surface area contributed by atoms with Gasteiger partial charge in [0.2, 0.25) is 0 Å². The van der Waals surface area contributed by atoms with Gasteiger partial charge in [-0.05, 0) is 49.4 Å². The van der Waals surface area contributed by atoms with E-state index in [-0.39, 0.29) is 17.4 Å². The van der Waals surface area contributed by atoms with Gasteiger partial charge in [-0.3, -0.25) is 4.79 Å². The van der Waals surface area contributed by atoms with Crippen molar-refractivity contribution in [2.45, 2.75) is 39.7 Å². The van der Waals surface area contributed by atoms with Crippen LogP contribution in [0, 0.1) is 12.3 Å². The van der Waals surface area contributed by atoms with Gasteiger partial charge in [-0.2, -0.15) is 5.10 Å². The molecule has 1 aliphatic rings. The van der Waals surface area contributed by atoms with E-state index in [4.69, 9.17) is 16.7 Å². The van der Waals surface area contributed by atoms with Gasteiger partial charge in [-0.15, -0.1) is 0 Å². The second-order valence-electron chi connectivity index (χ2n) is 8.24. The van der Waals surface area contributed by atoms with Gasteiger partial charge >= 0.3 is 0 Å². The molecule has 1 atom stereocenters. The molecule has 1 aliphatic carbocycles. The molecule has 1 unspecified atom stereocenters. The Labute approximate surface area is 170 Å². The van der Waals surface area contributed by atoms with Crippen LogP contribution in [0.15, 0.2) is 54.6 Å². The molecule has 1 amide bonds. The van der Waals surface area contributed by atoms with Crippen LogP contribution in [0.25, 0.3) is 5.69 Å². The van der Waals surface area contributed by atoms with Gasteiger partial charge in [-0.1, -0.05) is 55.8 Å². The van der Waals surface area contributed by atoms with Crippen LogP contribution in [0.3, 0.4) is 0 Å². The zero-order valence-corrected chi connectivity index (χ0v) is 17.1. The van der Waals surface area contributed by atoms with Crippen LogP contribution in [-0.4, -0.2) is 15.7 Å². The molecular weight excluding hydrogens is 370 g/mol. The Bertz CT molecular complexity index is 1020. The van der Waals surface area contributed by atoms with Crippen LogP contribution in [0.5, 0.6) is 0 Å². The lowest BCUT2D eigenvalue weighted by atomic mass is 9.73. The zero-order valence-electron chi connectivity index (χ0n) is 16.4. The number of amides is 1. The highest BCUT2D eigenvalue weighted by Crippen LogP contribution is 2.43. The summed E-state index contributed by atoms with van der Waals surface area (Å²) in [6.45, 7) is 6.50. The Balaban J connectivity index is 1.74. The number of halogens is 1. The summed E-state index contributed by atoms with van der Waals surface area (Å²) in [4.78, 5) is 12.9. The highest BCUT2D eigenvalue weighted by molar-refractivity contribution is 6.33. The van der Waals surface area contributed by atoms with Crippen LogP contribution < -0.4 is 5.32 Å². The molecule has 0 bridgehead atoms. The van der Waals surface area contributed by atoms with Gasteiger partial charge in [-0.25, -0.2) is 4.68 Å². The standard InChI is InChI=1S/C23H24ClN3O/c1-15-21-19(25-22(28)17-11-7-8-12-18(17)24)13-23(2,3)14-20(21)27(26-15)16-9-5-4-6-10-16/h4-12,19H,13-14H2,1-3H3,(H,25,28). The number of fused-ring (bicyclic) bond motifs is 1. The molecule has 3 aromatic rings. The van der Waals surface area contributed by atoms with Gasteiger partial charge < -0.3 is 5.32 Å². The summed E-state index contributed by atoms with van der Waals surface area (Å²) in [6, 6.07) is 17.2. The molecule has 4 nitrogen and oxygen atoms in total. The van der Waals surface area contributed by atoms with Gasteiger partial charge in [0.25, 0.3) is 5.91 Å². The maximum atomic E-state index is 12.9. The van der Waals surface area contributed by atoms with Crippen molar-refractivity contribution in [2.24, 2.45) is 5.41 Å². The summed E-state index contributed by atoms with van der Waals surface area (Å²) >= 11 is 6.23. The van der Waals surface area contributed by atoms with E-state index in [0.29, 0.717) is 10.6 Å². The monoisotopic (exact) mass is 393 g/mol. The van der Waals surface area contributed by atoms with E-state index in [2.05, 4.69) is 31.3 Å². The minimum Gasteiger partial charge on any atom is -0.345 e. The normalized spacial score (nSPS) is 17.8. The molecule has 1 aromatic heterocycles. The lowest BCUT2D eigenvalue weighted by Crippen LogP contribution is -2.37. The van der Waals surface area contributed by atoms with E-state index in [0.717, 1.165) is 29.8 Å². The Hall–Kier alpha value is -2.59. The maximum absolute atomic E-state index is 12.9. The summed E-state index contributed by atoms with van der Waals surface area (Å²) in [5.74, 6) is -0.147. The number of aryl methyl sites for hydroxylation is 1. The maximum Gasteiger partial charge on any atom is 0.253 e. The summed E-state index contributed by atoms with van der Waals surface area (Å²) in [7, 11) is 0.